The second-order valence-electron chi connectivity index (χ2n) is 2.56. The van der Waals surface area contributed by atoms with Gasteiger partial charge in [-0.15, -0.1) is 6.42 Å². The van der Waals surface area contributed by atoms with Crippen LogP contribution in [0.25, 0.3) is 0 Å². The van der Waals surface area contributed by atoms with Crippen molar-refractivity contribution in [3.63, 3.8) is 0 Å². The van der Waals surface area contributed by atoms with Crippen molar-refractivity contribution < 1.29 is 8.42 Å². The highest BCUT2D eigenvalue weighted by Gasteiger charge is 2.22. The Morgan fingerprint density at radius 3 is 2.46 bits per heavy atom. The molecule has 2 atom stereocenters. The van der Waals surface area contributed by atoms with Gasteiger partial charge in [0.2, 0.25) is 10.0 Å². The van der Waals surface area contributed by atoms with Crippen molar-refractivity contribution in [2.75, 3.05) is 0 Å². The molecule has 0 aliphatic heterocycles. The third kappa shape index (κ3) is 3.45. The largest absolute Gasteiger partial charge is 0.228 e. The monoisotopic (exact) mass is 200 g/mol. The third-order valence-corrected chi connectivity index (χ3v) is 3.21. The van der Waals surface area contributed by atoms with Crippen LogP contribution in [0.3, 0.4) is 0 Å². The van der Waals surface area contributed by atoms with Gasteiger partial charge in [-0.1, -0.05) is 12.8 Å². The lowest BCUT2D eigenvalue weighted by molar-refractivity contribution is 0.566. The standard InChI is InChI=1S/C8H12N2O2S/c1-4-8(5-2)10-13(11,12)7(3)6-9/h1,7-8,10H,5H2,2-3H3. The molecule has 4 nitrogen and oxygen atoms in total. The molecule has 0 fully saturated rings. The molecule has 0 rings (SSSR count). The number of nitrogens with zero attached hydrogens (tertiary/aromatic N) is 1. The fraction of sp³-hybridized carbons (Fsp3) is 0.625. The van der Waals surface area contributed by atoms with Gasteiger partial charge in [0.15, 0.2) is 5.25 Å². The minimum Gasteiger partial charge on any atom is -0.211 e. The Bertz CT molecular complexity index is 334. The van der Waals surface area contributed by atoms with E-state index in [-0.39, 0.29) is 0 Å². The molecule has 0 saturated carbocycles. The minimum absolute atomic E-state index is 0.508. The van der Waals surface area contributed by atoms with Crippen LogP contribution < -0.4 is 4.72 Å². The van der Waals surface area contributed by atoms with Crippen molar-refractivity contribution in [2.24, 2.45) is 0 Å². The molecule has 1 N–H and O–H groups in total. The average molecular weight is 200 g/mol. The Morgan fingerprint density at radius 1 is 1.62 bits per heavy atom. The predicted molar refractivity (Wildman–Crippen MR) is 50.0 cm³/mol. The first-order valence-electron chi connectivity index (χ1n) is 3.84. The number of nitrogens with one attached hydrogen (secondary N) is 1. The van der Waals surface area contributed by atoms with E-state index in [9.17, 15) is 8.42 Å². The van der Waals surface area contributed by atoms with E-state index >= 15 is 0 Å². The van der Waals surface area contributed by atoms with Crippen LogP contribution in [0, 0.1) is 23.7 Å². The van der Waals surface area contributed by atoms with E-state index in [2.05, 4.69) is 10.6 Å². The average Bonchev–Trinajstić information content (AvgIpc) is 2.12. The Balaban J connectivity index is 4.55. The van der Waals surface area contributed by atoms with E-state index in [0.717, 1.165) is 0 Å². The van der Waals surface area contributed by atoms with Gasteiger partial charge in [-0.25, -0.2) is 8.42 Å². The highest BCUT2D eigenvalue weighted by Crippen LogP contribution is 1.99. The number of hydrogen-bond donors (Lipinski definition) is 1. The van der Waals surface area contributed by atoms with E-state index < -0.39 is 21.3 Å². The Morgan fingerprint density at radius 2 is 2.15 bits per heavy atom. The van der Waals surface area contributed by atoms with Gasteiger partial charge < -0.3 is 0 Å². The number of hydrogen-bond acceptors (Lipinski definition) is 3. The molecule has 72 valence electrons. The highest BCUT2D eigenvalue weighted by molar-refractivity contribution is 7.90. The first kappa shape index (κ1) is 12.0. The van der Waals surface area contributed by atoms with Gasteiger partial charge in [-0.2, -0.15) is 9.98 Å². The maximum Gasteiger partial charge on any atom is 0.228 e. The van der Waals surface area contributed by atoms with Crippen LogP contribution >= 0.6 is 0 Å². The van der Waals surface area contributed by atoms with Gasteiger partial charge in [0.25, 0.3) is 0 Å². The van der Waals surface area contributed by atoms with Crippen molar-refractivity contribution in [3.8, 4) is 18.4 Å². The summed E-state index contributed by atoms with van der Waals surface area (Å²) in [5.41, 5.74) is 0. The first-order valence-corrected chi connectivity index (χ1v) is 5.39. The fourth-order valence-electron chi connectivity index (χ4n) is 0.605. The molecule has 0 heterocycles. The van der Waals surface area contributed by atoms with Crippen molar-refractivity contribution in [1.29, 1.82) is 5.26 Å². The predicted octanol–water partition coefficient (Wildman–Crippen LogP) is 0.230. The Labute approximate surface area is 79.0 Å². The number of sulfonamides is 1. The first-order chi connectivity index (χ1) is 5.97. The quantitative estimate of drug-likeness (QED) is 0.660. The molecule has 0 aromatic rings. The summed E-state index contributed by atoms with van der Waals surface area (Å²) in [6.07, 6.45) is 5.58. The van der Waals surface area contributed by atoms with E-state index in [4.69, 9.17) is 11.7 Å². The fourth-order valence-corrected chi connectivity index (χ4v) is 1.58. The molecule has 0 spiro atoms. The third-order valence-electron chi connectivity index (χ3n) is 1.56. The highest BCUT2D eigenvalue weighted by atomic mass is 32.2. The molecular formula is C8H12N2O2S. The number of nitriles is 1. The van der Waals surface area contributed by atoms with Gasteiger partial charge >= 0.3 is 0 Å². The second kappa shape index (κ2) is 4.86. The van der Waals surface area contributed by atoms with E-state index in [0.29, 0.717) is 6.42 Å². The van der Waals surface area contributed by atoms with Gasteiger partial charge in [0.05, 0.1) is 12.1 Å². The van der Waals surface area contributed by atoms with Crippen molar-refractivity contribution in [2.45, 2.75) is 31.6 Å². The molecule has 5 heteroatoms. The molecular weight excluding hydrogens is 188 g/mol. The van der Waals surface area contributed by atoms with Crippen LogP contribution in [0.4, 0.5) is 0 Å². The maximum absolute atomic E-state index is 11.3. The van der Waals surface area contributed by atoms with E-state index in [1.807, 2.05) is 0 Å². The van der Waals surface area contributed by atoms with Gasteiger partial charge in [0.1, 0.15) is 0 Å². The van der Waals surface area contributed by atoms with E-state index in [1.54, 1.807) is 13.0 Å². The Kier molecular flexibility index (Phi) is 4.47. The molecule has 0 bridgehead atoms. The summed E-state index contributed by atoms with van der Waals surface area (Å²) in [6.45, 7) is 3.08. The summed E-state index contributed by atoms with van der Waals surface area (Å²) < 4.78 is 24.8. The van der Waals surface area contributed by atoms with Gasteiger partial charge in [-0.05, 0) is 13.3 Å². The summed E-state index contributed by atoms with van der Waals surface area (Å²) in [5, 5.41) is 7.33. The van der Waals surface area contributed by atoms with E-state index in [1.165, 1.54) is 6.92 Å². The van der Waals surface area contributed by atoms with Crippen LogP contribution in [0.1, 0.15) is 20.3 Å². The maximum atomic E-state index is 11.3. The molecule has 0 aromatic carbocycles. The molecule has 0 aromatic heterocycles. The normalized spacial score (nSPS) is 15.4. The number of terminal acetylenes is 1. The Hall–Kier alpha value is -1.04. The van der Waals surface area contributed by atoms with Crippen LogP contribution in [0.15, 0.2) is 0 Å². The minimum atomic E-state index is -3.59. The zero-order valence-electron chi connectivity index (χ0n) is 7.61. The van der Waals surface area contributed by atoms with Crippen LogP contribution in [0.2, 0.25) is 0 Å². The van der Waals surface area contributed by atoms with Crippen LogP contribution in [0.5, 0.6) is 0 Å². The molecule has 0 radical (unpaired) electrons. The molecule has 0 amide bonds. The molecule has 0 aliphatic rings. The molecule has 0 saturated heterocycles. The van der Waals surface area contributed by atoms with Gasteiger partial charge in [-0.3, -0.25) is 0 Å². The summed E-state index contributed by atoms with van der Waals surface area (Å²) in [5.74, 6) is 2.29. The number of rotatable bonds is 4. The molecule has 13 heavy (non-hydrogen) atoms. The lowest BCUT2D eigenvalue weighted by atomic mass is 10.3. The van der Waals surface area contributed by atoms with Crippen molar-refractivity contribution in [1.82, 2.24) is 4.72 Å². The van der Waals surface area contributed by atoms with Crippen molar-refractivity contribution in [3.05, 3.63) is 0 Å². The SMILES string of the molecule is C#CC(CC)NS(=O)(=O)C(C)C#N. The lowest BCUT2D eigenvalue weighted by Crippen LogP contribution is -2.38. The second-order valence-corrected chi connectivity index (χ2v) is 4.59. The molecule has 2 unspecified atom stereocenters. The topological polar surface area (TPSA) is 70.0 Å². The summed E-state index contributed by atoms with van der Waals surface area (Å²) in [4.78, 5) is 0. The zero-order valence-corrected chi connectivity index (χ0v) is 8.43. The summed E-state index contributed by atoms with van der Waals surface area (Å²) >= 11 is 0. The zero-order chi connectivity index (χ0) is 10.5. The van der Waals surface area contributed by atoms with Crippen LogP contribution in [-0.2, 0) is 10.0 Å². The van der Waals surface area contributed by atoms with Crippen LogP contribution in [-0.4, -0.2) is 19.7 Å². The smallest absolute Gasteiger partial charge is 0.211 e. The summed E-state index contributed by atoms with van der Waals surface area (Å²) in [7, 11) is -3.59. The molecule has 0 aliphatic carbocycles. The summed E-state index contributed by atoms with van der Waals surface area (Å²) in [6, 6.07) is 1.11. The van der Waals surface area contributed by atoms with Crippen molar-refractivity contribution >= 4 is 10.0 Å². The van der Waals surface area contributed by atoms with Gasteiger partial charge in [0, 0.05) is 0 Å². The lowest BCUT2D eigenvalue weighted by Gasteiger charge is -2.11.